The van der Waals surface area contributed by atoms with Crippen LogP contribution in [0.3, 0.4) is 0 Å². The molecule has 1 nitrogen and oxygen atoms in total. The summed E-state index contributed by atoms with van der Waals surface area (Å²) >= 11 is 13.2. The molecular formula is C15H12Br2ClN. The zero-order valence-corrected chi connectivity index (χ0v) is 14.0. The Morgan fingerprint density at radius 2 is 1.79 bits per heavy atom. The summed E-state index contributed by atoms with van der Waals surface area (Å²) in [5, 5.41) is 4.29. The predicted molar refractivity (Wildman–Crippen MR) is 88.0 cm³/mol. The highest BCUT2D eigenvalue weighted by atomic mass is 79.9. The van der Waals surface area contributed by atoms with Gasteiger partial charge in [0.2, 0.25) is 0 Å². The van der Waals surface area contributed by atoms with E-state index in [2.05, 4.69) is 55.4 Å². The van der Waals surface area contributed by atoms with E-state index >= 15 is 0 Å². The maximum absolute atomic E-state index is 6.26. The zero-order chi connectivity index (χ0) is 13.4. The third-order valence-corrected chi connectivity index (χ3v) is 4.74. The first-order valence-electron chi connectivity index (χ1n) is 6.13. The molecule has 0 spiro atoms. The average Bonchev–Trinajstić information content (AvgIpc) is 2.75. The van der Waals surface area contributed by atoms with Crippen LogP contribution in [0.15, 0.2) is 45.3 Å². The van der Waals surface area contributed by atoms with E-state index < -0.39 is 0 Å². The Morgan fingerprint density at radius 3 is 2.58 bits per heavy atom. The second-order valence-electron chi connectivity index (χ2n) is 4.70. The molecule has 0 saturated heterocycles. The number of aryl methyl sites for hydroxylation is 1. The standard InChI is InChI=1S/C15H12Br2ClN/c16-10-2-4-12-9(7-10)1-5-14(12)19-15-6-3-11(17)8-13(15)18/h2-4,6-8,14,19H,1,5H2. The summed E-state index contributed by atoms with van der Waals surface area (Å²) in [6.07, 6.45) is 2.22. The molecule has 2 aromatic rings. The van der Waals surface area contributed by atoms with Crippen molar-refractivity contribution in [3.63, 3.8) is 0 Å². The van der Waals surface area contributed by atoms with E-state index in [0.717, 1.165) is 32.5 Å². The van der Waals surface area contributed by atoms with Crippen molar-refractivity contribution in [3.8, 4) is 0 Å². The van der Waals surface area contributed by atoms with Crippen LogP contribution in [-0.2, 0) is 6.42 Å². The molecule has 0 radical (unpaired) electrons. The molecule has 4 heteroatoms. The van der Waals surface area contributed by atoms with Crippen LogP contribution in [0.2, 0.25) is 5.02 Å². The van der Waals surface area contributed by atoms with Gasteiger partial charge in [-0.15, -0.1) is 0 Å². The first-order valence-corrected chi connectivity index (χ1v) is 8.10. The maximum atomic E-state index is 6.26. The van der Waals surface area contributed by atoms with Crippen LogP contribution in [0.25, 0.3) is 0 Å². The van der Waals surface area contributed by atoms with Crippen molar-refractivity contribution < 1.29 is 0 Å². The second-order valence-corrected chi connectivity index (χ2v) is 6.94. The Morgan fingerprint density at radius 1 is 1.05 bits per heavy atom. The van der Waals surface area contributed by atoms with Gasteiger partial charge in [0.15, 0.2) is 0 Å². The van der Waals surface area contributed by atoms with E-state index in [0.29, 0.717) is 6.04 Å². The third-order valence-electron chi connectivity index (χ3n) is 3.44. The number of hydrogen-bond donors (Lipinski definition) is 1. The molecule has 0 heterocycles. The minimum absolute atomic E-state index is 0.349. The average molecular weight is 402 g/mol. The summed E-state index contributed by atoms with van der Waals surface area (Å²) in [6.45, 7) is 0. The number of rotatable bonds is 2. The van der Waals surface area contributed by atoms with E-state index in [9.17, 15) is 0 Å². The molecule has 1 atom stereocenters. The summed E-state index contributed by atoms with van der Waals surface area (Å²) in [6, 6.07) is 12.8. The molecule has 0 fully saturated rings. The van der Waals surface area contributed by atoms with Crippen molar-refractivity contribution in [2.45, 2.75) is 18.9 Å². The summed E-state index contributed by atoms with van der Waals surface area (Å²) in [4.78, 5) is 0. The van der Waals surface area contributed by atoms with Gasteiger partial charge in [-0.3, -0.25) is 0 Å². The van der Waals surface area contributed by atoms with Gasteiger partial charge in [0.05, 0.1) is 16.8 Å². The molecule has 0 bridgehead atoms. The lowest BCUT2D eigenvalue weighted by Crippen LogP contribution is -2.07. The van der Waals surface area contributed by atoms with Crippen molar-refractivity contribution in [2.75, 3.05) is 5.32 Å². The smallest absolute Gasteiger partial charge is 0.0648 e. The number of nitrogens with one attached hydrogen (secondary N) is 1. The molecule has 2 aromatic carbocycles. The summed E-state index contributed by atoms with van der Waals surface area (Å²) in [5.41, 5.74) is 3.79. The van der Waals surface area contributed by atoms with Crippen molar-refractivity contribution in [1.82, 2.24) is 0 Å². The highest BCUT2D eigenvalue weighted by Crippen LogP contribution is 2.37. The quantitative estimate of drug-likeness (QED) is 0.654. The van der Waals surface area contributed by atoms with Crippen LogP contribution in [0.4, 0.5) is 5.69 Å². The Kier molecular flexibility index (Phi) is 3.88. The molecule has 1 aliphatic carbocycles. The molecule has 0 amide bonds. The van der Waals surface area contributed by atoms with Crippen LogP contribution in [0.5, 0.6) is 0 Å². The van der Waals surface area contributed by atoms with Crippen molar-refractivity contribution in [3.05, 3.63) is 61.5 Å². The number of anilines is 1. The predicted octanol–water partition coefficient (Wildman–Crippen LogP) is 5.96. The van der Waals surface area contributed by atoms with Gasteiger partial charge in [-0.05, 0) is 54.3 Å². The molecule has 3 rings (SSSR count). The number of halogens is 3. The van der Waals surface area contributed by atoms with E-state index in [1.165, 1.54) is 11.1 Å². The number of hydrogen-bond acceptors (Lipinski definition) is 1. The lowest BCUT2D eigenvalue weighted by atomic mass is 10.1. The maximum Gasteiger partial charge on any atom is 0.0648 e. The third kappa shape index (κ3) is 2.83. The van der Waals surface area contributed by atoms with E-state index in [4.69, 9.17) is 11.6 Å². The lowest BCUT2D eigenvalue weighted by molar-refractivity contribution is 0.762. The lowest BCUT2D eigenvalue weighted by Gasteiger charge is -2.17. The van der Waals surface area contributed by atoms with Gasteiger partial charge in [-0.2, -0.15) is 0 Å². The van der Waals surface area contributed by atoms with Crippen LogP contribution in [0.1, 0.15) is 23.6 Å². The van der Waals surface area contributed by atoms with Gasteiger partial charge in [0.25, 0.3) is 0 Å². The Labute approximate surface area is 134 Å². The van der Waals surface area contributed by atoms with Gasteiger partial charge in [0, 0.05) is 8.95 Å². The van der Waals surface area contributed by atoms with E-state index in [1.807, 2.05) is 18.2 Å². The monoisotopic (exact) mass is 399 g/mol. The minimum Gasteiger partial charge on any atom is -0.377 e. The minimum atomic E-state index is 0.349. The first kappa shape index (κ1) is 13.5. The number of fused-ring (bicyclic) bond motifs is 1. The molecule has 19 heavy (non-hydrogen) atoms. The van der Waals surface area contributed by atoms with Gasteiger partial charge in [-0.25, -0.2) is 0 Å². The molecule has 98 valence electrons. The van der Waals surface area contributed by atoms with E-state index in [1.54, 1.807) is 0 Å². The van der Waals surface area contributed by atoms with Crippen molar-refractivity contribution in [2.24, 2.45) is 0 Å². The highest BCUT2D eigenvalue weighted by Gasteiger charge is 2.22. The van der Waals surface area contributed by atoms with Gasteiger partial charge in [0.1, 0.15) is 0 Å². The Bertz CT molecular complexity index is 628. The summed E-state index contributed by atoms with van der Waals surface area (Å²) in [5.74, 6) is 0. The summed E-state index contributed by atoms with van der Waals surface area (Å²) < 4.78 is 2.15. The fourth-order valence-electron chi connectivity index (χ4n) is 2.53. The molecule has 0 saturated carbocycles. The summed E-state index contributed by atoms with van der Waals surface area (Å²) in [7, 11) is 0. The van der Waals surface area contributed by atoms with Crippen LogP contribution >= 0.6 is 43.5 Å². The normalized spacial score (nSPS) is 17.3. The topological polar surface area (TPSA) is 12.0 Å². The van der Waals surface area contributed by atoms with Crippen LogP contribution in [-0.4, -0.2) is 0 Å². The van der Waals surface area contributed by atoms with Gasteiger partial charge < -0.3 is 5.32 Å². The highest BCUT2D eigenvalue weighted by molar-refractivity contribution is 9.10. The SMILES string of the molecule is Clc1cc(Br)ccc1NC1CCc2cc(Br)ccc21. The number of benzene rings is 2. The Hall–Kier alpha value is -0.510. The second kappa shape index (κ2) is 5.47. The fourth-order valence-corrected chi connectivity index (χ4v) is 3.67. The van der Waals surface area contributed by atoms with Crippen LogP contribution < -0.4 is 5.32 Å². The molecule has 1 N–H and O–H groups in total. The molecule has 0 aromatic heterocycles. The first-order chi connectivity index (χ1) is 9.13. The van der Waals surface area contributed by atoms with Crippen molar-refractivity contribution >= 4 is 49.1 Å². The Balaban J connectivity index is 1.86. The largest absolute Gasteiger partial charge is 0.377 e. The molecular weight excluding hydrogens is 389 g/mol. The zero-order valence-electron chi connectivity index (χ0n) is 10.1. The molecule has 1 unspecified atom stereocenters. The van der Waals surface area contributed by atoms with E-state index in [-0.39, 0.29) is 0 Å². The van der Waals surface area contributed by atoms with Crippen LogP contribution in [0, 0.1) is 0 Å². The fraction of sp³-hybridized carbons (Fsp3) is 0.200. The van der Waals surface area contributed by atoms with Gasteiger partial charge in [-0.1, -0.05) is 49.5 Å². The molecule has 1 aliphatic rings. The van der Waals surface area contributed by atoms with Gasteiger partial charge >= 0.3 is 0 Å². The van der Waals surface area contributed by atoms with Crippen molar-refractivity contribution in [1.29, 1.82) is 0 Å². The molecule has 0 aliphatic heterocycles.